The van der Waals surface area contributed by atoms with Gasteiger partial charge in [-0.15, -0.1) is 0 Å². The number of aromatic hydroxyl groups is 1. The van der Waals surface area contributed by atoms with Crippen LogP contribution in [0.5, 0.6) is 5.75 Å². The number of hydrogen-bond acceptors (Lipinski definition) is 5. The van der Waals surface area contributed by atoms with E-state index in [-0.39, 0.29) is 24.8 Å². The van der Waals surface area contributed by atoms with Crippen molar-refractivity contribution in [1.82, 2.24) is 0 Å². The maximum absolute atomic E-state index is 13.7. The summed E-state index contributed by atoms with van der Waals surface area (Å²) in [5.74, 6) is -4.47. The number of hydrogen-bond donors (Lipinski definition) is 2. The number of allylic oxidation sites excluding steroid dienone is 1. The lowest BCUT2D eigenvalue weighted by Gasteiger charge is -2.31. The van der Waals surface area contributed by atoms with E-state index in [0.717, 1.165) is 22.9 Å². The van der Waals surface area contributed by atoms with Crippen LogP contribution in [0.25, 0.3) is 6.08 Å². The van der Waals surface area contributed by atoms with Crippen molar-refractivity contribution in [2.24, 2.45) is 17.8 Å². The summed E-state index contributed by atoms with van der Waals surface area (Å²) in [6.45, 7) is 1.58. The third kappa shape index (κ3) is 6.57. The topological polar surface area (TPSA) is 87.1 Å². The largest absolute Gasteiger partial charge is 0.507 e. The first kappa shape index (κ1) is 33.2. The summed E-state index contributed by atoms with van der Waals surface area (Å²) < 4.78 is 88.1. The number of imide groups is 1. The van der Waals surface area contributed by atoms with Crippen molar-refractivity contribution in [3.05, 3.63) is 74.3 Å². The molecule has 1 aliphatic carbocycles. The van der Waals surface area contributed by atoms with Gasteiger partial charge in [-0.25, -0.2) is 4.90 Å². The van der Waals surface area contributed by atoms with Gasteiger partial charge in [0.1, 0.15) is 5.75 Å². The van der Waals surface area contributed by atoms with E-state index in [2.05, 4.69) is 15.9 Å². The third-order valence-electron chi connectivity index (χ3n) is 8.68. The van der Waals surface area contributed by atoms with Crippen LogP contribution in [0.15, 0.2) is 57.6 Å². The molecule has 2 amide bonds. The molecule has 2 heterocycles. The van der Waals surface area contributed by atoms with Gasteiger partial charge in [-0.1, -0.05) is 40.9 Å². The molecule has 2 fully saturated rings. The molecule has 0 radical (unpaired) electrons. The summed E-state index contributed by atoms with van der Waals surface area (Å²) in [5.41, 5.74) is -1.26. The Hall–Kier alpha value is -3.16. The van der Waals surface area contributed by atoms with Gasteiger partial charge >= 0.3 is 12.4 Å². The summed E-state index contributed by atoms with van der Waals surface area (Å²) in [6.07, 6.45) is -6.41. The van der Waals surface area contributed by atoms with Crippen LogP contribution in [0.4, 0.5) is 32.0 Å². The minimum atomic E-state index is -5.15. The van der Waals surface area contributed by atoms with Crippen LogP contribution < -0.4 is 4.90 Å². The van der Waals surface area contributed by atoms with Gasteiger partial charge in [0, 0.05) is 16.0 Å². The van der Waals surface area contributed by atoms with Crippen molar-refractivity contribution in [2.75, 3.05) is 18.1 Å². The SMILES string of the molecule is CCC/C(=C\c1cc(Br)ccc1O)CC[C@H]1OC[C@H]2C1=C(CO)C[C@H]1C(=O)N(c3cc(C(F)(F)F)cc(C(F)(F)F)c3)C(=O)[C@H]12. The number of benzene rings is 2. The van der Waals surface area contributed by atoms with Crippen molar-refractivity contribution >= 4 is 39.5 Å². The summed E-state index contributed by atoms with van der Waals surface area (Å²) >= 11 is 3.40. The summed E-state index contributed by atoms with van der Waals surface area (Å²) in [5, 5.41) is 20.6. The first-order valence-corrected chi connectivity index (χ1v) is 15.2. The molecule has 5 rings (SSSR count). The van der Waals surface area contributed by atoms with Gasteiger partial charge in [-0.3, -0.25) is 9.59 Å². The van der Waals surface area contributed by atoms with Crippen LogP contribution >= 0.6 is 15.9 Å². The quantitative estimate of drug-likeness (QED) is 0.168. The molecule has 4 atom stereocenters. The Labute approximate surface area is 263 Å². The van der Waals surface area contributed by atoms with Gasteiger partial charge in [-0.05, 0) is 73.2 Å². The van der Waals surface area contributed by atoms with Crippen molar-refractivity contribution in [2.45, 2.75) is 57.5 Å². The number of anilines is 1. The van der Waals surface area contributed by atoms with Crippen LogP contribution in [0.3, 0.4) is 0 Å². The van der Waals surface area contributed by atoms with E-state index in [0.29, 0.717) is 46.6 Å². The fourth-order valence-electron chi connectivity index (χ4n) is 6.71. The zero-order chi connectivity index (χ0) is 32.8. The maximum Gasteiger partial charge on any atom is 0.416 e. The number of phenols is 1. The number of fused-ring (bicyclic) bond motifs is 3. The van der Waals surface area contributed by atoms with E-state index >= 15 is 0 Å². The zero-order valence-corrected chi connectivity index (χ0v) is 25.6. The van der Waals surface area contributed by atoms with Crippen LogP contribution in [0.1, 0.15) is 55.7 Å². The van der Waals surface area contributed by atoms with E-state index in [1.165, 1.54) is 0 Å². The highest BCUT2D eigenvalue weighted by molar-refractivity contribution is 9.10. The number of nitrogens with zero attached hydrogens (tertiary/aromatic N) is 1. The Morgan fingerprint density at radius 1 is 1.00 bits per heavy atom. The number of halogens is 7. The number of aliphatic hydroxyl groups excluding tert-OH is 1. The number of ether oxygens (including phenoxy) is 1. The van der Waals surface area contributed by atoms with Crippen molar-refractivity contribution < 1.29 is 50.9 Å². The number of aliphatic hydroxyl groups is 1. The average molecular weight is 702 g/mol. The fourth-order valence-corrected chi connectivity index (χ4v) is 7.09. The standard InChI is InChI=1S/C32H30BrF6NO5/c1-2-3-16(8-17-9-21(33)5-6-25(17)42)4-7-26-27-18(14-41)10-23-28(24(27)15-45-26)30(44)40(29(23)43)22-12-19(31(34,35)36)11-20(13-22)32(37,38)39/h5-6,8-9,11-13,23-24,26,28,41-42H,2-4,7,10,14-15H2,1H3/b16-8+/t23-,24+,26-,28-/m1/s1. The highest BCUT2D eigenvalue weighted by Crippen LogP contribution is 2.51. The normalized spacial score (nSPS) is 24.0. The Morgan fingerprint density at radius 2 is 1.67 bits per heavy atom. The van der Waals surface area contributed by atoms with Crippen LogP contribution in [-0.4, -0.2) is 41.3 Å². The molecule has 2 N–H and O–H groups in total. The number of phenolic OH excluding ortho intramolecular Hbond substituents is 1. The van der Waals surface area contributed by atoms with E-state index in [1.807, 2.05) is 13.0 Å². The monoisotopic (exact) mass is 701 g/mol. The number of rotatable bonds is 8. The zero-order valence-electron chi connectivity index (χ0n) is 24.0. The average Bonchev–Trinajstić information content (AvgIpc) is 3.50. The molecule has 2 aromatic rings. The minimum absolute atomic E-state index is 0.00711. The van der Waals surface area contributed by atoms with Gasteiger partial charge in [0.05, 0.1) is 48.0 Å². The summed E-state index contributed by atoms with van der Waals surface area (Å²) in [4.78, 5) is 27.6. The molecule has 6 nitrogen and oxygen atoms in total. The van der Waals surface area contributed by atoms with Crippen molar-refractivity contribution in [3.63, 3.8) is 0 Å². The number of amides is 2. The second kappa shape index (κ2) is 12.6. The Bertz CT molecular complexity index is 1530. The second-order valence-electron chi connectivity index (χ2n) is 11.6. The van der Waals surface area contributed by atoms with E-state index in [1.54, 1.807) is 18.2 Å². The summed E-state index contributed by atoms with van der Waals surface area (Å²) in [7, 11) is 0. The highest BCUT2D eigenvalue weighted by atomic mass is 79.9. The molecule has 3 aliphatic rings. The predicted molar refractivity (Wildman–Crippen MR) is 156 cm³/mol. The van der Waals surface area contributed by atoms with Crippen molar-refractivity contribution in [1.29, 1.82) is 0 Å². The lowest BCUT2D eigenvalue weighted by atomic mass is 9.69. The van der Waals surface area contributed by atoms with Gasteiger partial charge < -0.3 is 14.9 Å². The van der Waals surface area contributed by atoms with Crippen LogP contribution in [0, 0.1) is 17.8 Å². The van der Waals surface area contributed by atoms with E-state index in [4.69, 9.17) is 4.74 Å². The molecular formula is C32H30BrF6NO5. The van der Waals surface area contributed by atoms with Gasteiger partial charge in [-0.2, -0.15) is 26.3 Å². The molecule has 0 saturated carbocycles. The van der Waals surface area contributed by atoms with Crippen LogP contribution in [-0.2, 0) is 26.7 Å². The Balaban J connectivity index is 1.43. The number of alkyl halides is 6. The number of carbonyl (C=O) groups is 2. The minimum Gasteiger partial charge on any atom is -0.507 e. The second-order valence-corrected chi connectivity index (χ2v) is 12.5. The lowest BCUT2D eigenvalue weighted by molar-refractivity contribution is -0.143. The molecule has 0 unspecified atom stereocenters. The fraction of sp³-hybridized carbons (Fsp3) is 0.438. The molecule has 2 saturated heterocycles. The molecular weight excluding hydrogens is 672 g/mol. The molecule has 242 valence electrons. The lowest BCUT2D eigenvalue weighted by Crippen LogP contribution is -2.35. The van der Waals surface area contributed by atoms with E-state index in [9.17, 15) is 46.1 Å². The molecule has 45 heavy (non-hydrogen) atoms. The molecule has 0 bridgehead atoms. The first-order chi connectivity index (χ1) is 21.1. The predicted octanol–water partition coefficient (Wildman–Crippen LogP) is 7.67. The van der Waals surface area contributed by atoms with Gasteiger partial charge in [0.25, 0.3) is 0 Å². The summed E-state index contributed by atoms with van der Waals surface area (Å²) in [6, 6.07) is 5.78. The Kier molecular flexibility index (Phi) is 9.27. The third-order valence-corrected chi connectivity index (χ3v) is 9.17. The maximum atomic E-state index is 13.7. The molecule has 2 aromatic carbocycles. The molecule has 13 heteroatoms. The first-order valence-electron chi connectivity index (χ1n) is 14.4. The smallest absolute Gasteiger partial charge is 0.416 e. The molecule has 0 aromatic heterocycles. The molecule has 2 aliphatic heterocycles. The Morgan fingerprint density at radius 3 is 2.27 bits per heavy atom. The molecule has 0 spiro atoms. The van der Waals surface area contributed by atoms with E-state index < -0.39 is 71.4 Å². The highest BCUT2D eigenvalue weighted by Gasteiger charge is 2.57. The van der Waals surface area contributed by atoms with Crippen LogP contribution in [0.2, 0.25) is 0 Å². The van der Waals surface area contributed by atoms with Gasteiger partial charge in [0.2, 0.25) is 11.8 Å². The van der Waals surface area contributed by atoms with Gasteiger partial charge in [0.15, 0.2) is 0 Å². The number of carbonyl (C=O) groups excluding carboxylic acids is 2. The van der Waals surface area contributed by atoms with Crippen molar-refractivity contribution in [3.8, 4) is 5.75 Å².